The Labute approximate surface area is 169 Å². The summed E-state index contributed by atoms with van der Waals surface area (Å²) in [5, 5.41) is 15.2. The largest absolute Gasteiger partial charge is 0.350 e. The van der Waals surface area contributed by atoms with Crippen molar-refractivity contribution in [2.45, 2.75) is 19.0 Å². The number of halogens is 1. The van der Waals surface area contributed by atoms with Crippen molar-refractivity contribution >= 4 is 23.4 Å². The van der Waals surface area contributed by atoms with Crippen LogP contribution in [0.5, 0.6) is 0 Å². The average Bonchev–Trinajstić information content (AvgIpc) is 3.14. The lowest BCUT2D eigenvalue weighted by atomic mass is 10.1. The number of nitrogens with zero attached hydrogens (tertiary/aromatic N) is 2. The third kappa shape index (κ3) is 5.56. The molecule has 1 fully saturated rings. The Morgan fingerprint density at radius 2 is 2.00 bits per heavy atom. The first-order valence-electron chi connectivity index (χ1n) is 9.08. The molecule has 6 nitrogen and oxygen atoms in total. The molecule has 7 heteroatoms. The van der Waals surface area contributed by atoms with Gasteiger partial charge in [-0.2, -0.15) is 5.26 Å². The highest BCUT2D eigenvalue weighted by molar-refractivity contribution is 6.30. The number of likely N-dealkylation sites (tertiary alicyclic amines) is 1. The van der Waals surface area contributed by atoms with E-state index < -0.39 is 0 Å². The van der Waals surface area contributed by atoms with Gasteiger partial charge in [0.2, 0.25) is 5.91 Å². The number of nitrogens with one attached hydrogen (secondary N) is 2. The molecule has 0 saturated carbocycles. The number of hydrogen-bond acceptors (Lipinski definition) is 4. The van der Waals surface area contributed by atoms with E-state index in [1.807, 2.05) is 30.3 Å². The molecule has 0 aromatic heterocycles. The van der Waals surface area contributed by atoms with Crippen LogP contribution in [0, 0.1) is 11.3 Å². The molecule has 2 N–H and O–H groups in total. The monoisotopic (exact) mass is 396 g/mol. The molecule has 2 aromatic rings. The summed E-state index contributed by atoms with van der Waals surface area (Å²) >= 11 is 5.91. The third-order valence-corrected chi connectivity index (χ3v) is 4.87. The number of nitriles is 1. The van der Waals surface area contributed by atoms with E-state index in [9.17, 15) is 9.59 Å². The van der Waals surface area contributed by atoms with Gasteiger partial charge in [-0.05, 0) is 42.3 Å². The minimum atomic E-state index is -0.372. The molecule has 144 valence electrons. The number of carbonyl (C=O) groups excluding carboxylic acids is 2. The highest BCUT2D eigenvalue weighted by Crippen LogP contribution is 2.15. The SMILES string of the molecule is N#Cc1cccc(C(=O)NCC(=O)NC2CCN(Cc3ccc(Cl)cc3)C2)c1. The summed E-state index contributed by atoms with van der Waals surface area (Å²) in [4.78, 5) is 26.5. The summed E-state index contributed by atoms with van der Waals surface area (Å²) < 4.78 is 0. The average molecular weight is 397 g/mol. The van der Waals surface area contributed by atoms with Crippen LogP contribution in [0.25, 0.3) is 0 Å². The molecular formula is C21H21ClN4O2. The molecule has 1 unspecified atom stereocenters. The summed E-state index contributed by atoms with van der Waals surface area (Å²) in [7, 11) is 0. The van der Waals surface area contributed by atoms with Gasteiger partial charge in [-0.15, -0.1) is 0 Å². The van der Waals surface area contributed by atoms with Gasteiger partial charge in [0, 0.05) is 36.3 Å². The fourth-order valence-corrected chi connectivity index (χ4v) is 3.34. The number of amides is 2. The van der Waals surface area contributed by atoms with E-state index >= 15 is 0 Å². The molecule has 28 heavy (non-hydrogen) atoms. The van der Waals surface area contributed by atoms with Crippen LogP contribution in [-0.4, -0.2) is 42.4 Å². The summed E-state index contributed by atoms with van der Waals surface area (Å²) in [5.41, 5.74) is 1.95. The maximum absolute atomic E-state index is 12.1. The molecule has 2 amide bonds. The van der Waals surface area contributed by atoms with Gasteiger partial charge >= 0.3 is 0 Å². The fraction of sp³-hybridized carbons (Fsp3) is 0.286. The van der Waals surface area contributed by atoms with Gasteiger partial charge < -0.3 is 10.6 Å². The molecule has 0 radical (unpaired) electrons. The summed E-state index contributed by atoms with van der Waals surface area (Å²) in [5.74, 6) is -0.592. The molecule has 1 heterocycles. The number of rotatable bonds is 6. The van der Waals surface area contributed by atoms with Crippen LogP contribution >= 0.6 is 11.6 Å². The van der Waals surface area contributed by atoms with Crippen molar-refractivity contribution in [2.24, 2.45) is 0 Å². The fourth-order valence-electron chi connectivity index (χ4n) is 3.21. The van der Waals surface area contributed by atoms with E-state index in [0.717, 1.165) is 31.1 Å². The predicted molar refractivity (Wildman–Crippen MR) is 107 cm³/mol. The molecule has 0 spiro atoms. The van der Waals surface area contributed by atoms with Crippen molar-refractivity contribution in [3.05, 3.63) is 70.2 Å². The van der Waals surface area contributed by atoms with Crippen LogP contribution in [0.4, 0.5) is 0 Å². The minimum absolute atomic E-state index is 0.0682. The van der Waals surface area contributed by atoms with Gasteiger partial charge in [0.15, 0.2) is 0 Å². The van der Waals surface area contributed by atoms with Gasteiger partial charge in [-0.3, -0.25) is 14.5 Å². The van der Waals surface area contributed by atoms with E-state index in [1.165, 1.54) is 11.6 Å². The zero-order valence-corrected chi connectivity index (χ0v) is 16.1. The predicted octanol–water partition coefficient (Wildman–Crippen LogP) is 2.33. The first-order chi connectivity index (χ1) is 13.5. The standard InChI is InChI=1S/C21H21ClN4O2/c22-18-6-4-15(5-7-18)13-26-9-8-19(14-26)25-20(27)12-24-21(28)17-3-1-2-16(10-17)11-23/h1-7,10,19H,8-9,12-14H2,(H,24,28)(H,25,27). The van der Waals surface area contributed by atoms with Gasteiger partial charge in [-0.1, -0.05) is 29.8 Å². The third-order valence-electron chi connectivity index (χ3n) is 4.62. The highest BCUT2D eigenvalue weighted by atomic mass is 35.5. The zero-order valence-electron chi connectivity index (χ0n) is 15.3. The number of hydrogen-bond donors (Lipinski definition) is 2. The van der Waals surface area contributed by atoms with Crippen LogP contribution < -0.4 is 10.6 Å². The molecule has 1 aliphatic rings. The second-order valence-corrected chi connectivity index (χ2v) is 7.23. The van der Waals surface area contributed by atoms with Gasteiger partial charge in [0.05, 0.1) is 18.2 Å². The summed E-state index contributed by atoms with van der Waals surface area (Å²) in [6.07, 6.45) is 0.873. The topological polar surface area (TPSA) is 85.2 Å². The Balaban J connectivity index is 1.42. The second kappa shape index (κ2) is 9.36. The maximum atomic E-state index is 12.1. The van der Waals surface area contributed by atoms with Gasteiger partial charge in [-0.25, -0.2) is 0 Å². The molecule has 3 rings (SSSR count). The van der Waals surface area contributed by atoms with Crippen molar-refractivity contribution < 1.29 is 9.59 Å². The van der Waals surface area contributed by atoms with Crippen molar-refractivity contribution in [3.63, 3.8) is 0 Å². The van der Waals surface area contributed by atoms with Crippen LogP contribution in [0.2, 0.25) is 5.02 Å². The Morgan fingerprint density at radius 3 is 2.75 bits per heavy atom. The normalized spacial score (nSPS) is 16.4. The summed E-state index contributed by atoms with van der Waals surface area (Å²) in [6, 6.07) is 16.2. The lowest BCUT2D eigenvalue weighted by Gasteiger charge is -2.17. The molecule has 0 aliphatic carbocycles. The minimum Gasteiger partial charge on any atom is -0.350 e. The highest BCUT2D eigenvalue weighted by Gasteiger charge is 2.24. The maximum Gasteiger partial charge on any atom is 0.251 e. The van der Waals surface area contributed by atoms with Crippen LogP contribution in [0.1, 0.15) is 27.9 Å². The molecule has 1 aliphatic heterocycles. The van der Waals surface area contributed by atoms with Crippen molar-refractivity contribution in [3.8, 4) is 6.07 Å². The molecule has 1 saturated heterocycles. The van der Waals surface area contributed by atoms with Crippen molar-refractivity contribution in [2.75, 3.05) is 19.6 Å². The van der Waals surface area contributed by atoms with Crippen LogP contribution in [0.3, 0.4) is 0 Å². The van der Waals surface area contributed by atoms with Crippen LogP contribution in [-0.2, 0) is 11.3 Å². The zero-order chi connectivity index (χ0) is 19.9. The Hall–Kier alpha value is -2.88. The van der Waals surface area contributed by atoms with E-state index in [0.29, 0.717) is 11.1 Å². The van der Waals surface area contributed by atoms with Crippen molar-refractivity contribution in [1.82, 2.24) is 15.5 Å². The van der Waals surface area contributed by atoms with E-state index in [1.54, 1.807) is 18.2 Å². The Kier molecular flexibility index (Phi) is 6.64. The first kappa shape index (κ1) is 19.9. The molecule has 2 aromatic carbocycles. The van der Waals surface area contributed by atoms with Gasteiger partial charge in [0.1, 0.15) is 0 Å². The second-order valence-electron chi connectivity index (χ2n) is 6.79. The lowest BCUT2D eigenvalue weighted by Crippen LogP contribution is -2.43. The van der Waals surface area contributed by atoms with Crippen LogP contribution in [0.15, 0.2) is 48.5 Å². The molecule has 0 bridgehead atoms. The smallest absolute Gasteiger partial charge is 0.251 e. The quantitative estimate of drug-likeness (QED) is 0.784. The van der Waals surface area contributed by atoms with Crippen molar-refractivity contribution in [1.29, 1.82) is 5.26 Å². The molecular weight excluding hydrogens is 376 g/mol. The number of carbonyl (C=O) groups is 2. The summed E-state index contributed by atoms with van der Waals surface area (Å²) in [6.45, 7) is 2.40. The van der Waals surface area contributed by atoms with Gasteiger partial charge in [0.25, 0.3) is 5.91 Å². The Morgan fingerprint density at radius 1 is 1.21 bits per heavy atom. The van der Waals surface area contributed by atoms with E-state index in [-0.39, 0.29) is 24.4 Å². The lowest BCUT2D eigenvalue weighted by molar-refractivity contribution is -0.120. The molecule has 1 atom stereocenters. The number of benzene rings is 2. The first-order valence-corrected chi connectivity index (χ1v) is 9.46. The van der Waals surface area contributed by atoms with E-state index in [4.69, 9.17) is 16.9 Å². The van der Waals surface area contributed by atoms with E-state index in [2.05, 4.69) is 15.5 Å². The Bertz CT molecular complexity index is 892.